The average molecular weight is 311 g/mol. The van der Waals surface area contributed by atoms with Crippen molar-refractivity contribution in [1.29, 1.82) is 0 Å². The van der Waals surface area contributed by atoms with Crippen LogP contribution in [0.15, 0.2) is 54.6 Å². The molecule has 0 bridgehead atoms. The van der Waals surface area contributed by atoms with E-state index in [1.54, 1.807) is 12.1 Å². The zero-order chi connectivity index (χ0) is 15.3. The van der Waals surface area contributed by atoms with Gasteiger partial charge < -0.3 is 5.32 Å². The van der Waals surface area contributed by atoms with Gasteiger partial charge in [0.05, 0.1) is 16.9 Å². The maximum absolute atomic E-state index is 12.8. The molecule has 0 heterocycles. The Labute approximate surface area is 125 Å². The van der Waals surface area contributed by atoms with Crippen molar-refractivity contribution in [3.63, 3.8) is 0 Å². The summed E-state index contributed by atoms with van der Waals surface area (Å²) >= 11 is 4.97. The molecule has 7 heteroatoms. The molecule has 3 N–H and O–H groups in total. The lowest BCUT2D eigenvalue weighted by Gasteiger charge is -2.16. The topological polar surface area (TPSA) is 36.1 Å². The van der Waals surface area contributed by atoms with Gasteiger partial charge in [-0.25, -0.2) is 0 Å². The zero-order valence-corrected chi connectivity index (χ0v) is 11.6. The first kappa shape index (κ1) is 15.1. The van der Waals surface area contributed by atoms with Crippen molar-refractivity contribution in [1.82, 2.24) is 5.43 Å². The highest BCUT2D eigenvalue weighted by Gasteiger charge is 2.33. The lowest BCUT2D eigenvalue weighted by molar-refractivity contribution is -0.136. The predicted octanol–water partition coefficient (Wildman–Crippen LogP) is 4.02. The van der Waals surface area contributed by atoms with Gasteiger partial charge in [-0.3, -0.25) is 10.9 Å². The molecular weight excluding hydrogens is 299 g/mol. The number of halogens is 3. The summed E-state index contributed by atoms with van der Waals surface area (Å²) in [5, 5.41) is 2.56. The van der Waals surface area contributed by atoms with Crippen molar-refractivity contribution in [2.75, 3.05) is 10.7 Å². The largest absolute Gasteiger partial charge is 0.418 e. The summed E-state index contributed by atoms with van der Waals surface area (Å²) in [6.07, 6.45) is -4.44. The van der Waals surface area contributed by atoms with Gasteiger partial charge in [0.1, 0.15) is 0 Å². The zero-order valence-electron chi connectivity index (χ0n) is 10.7. The Morgan fingerprint density at radius 3 is 2.19 bits per heavy atom. The maximum Gasteiger partial charge on any atom is 0.418 e. The summed E-state index contributed by atoms with van der Waals surface area (Å²) in [5.41, 5.74) is 5.29. The Hall–Kier alpha value is -2.28. The first-order valence-electron chi connectivity index (χ1n) is 6.01. The third-order valence-corrected chi connectivity index (χ3v) is 2.78. The van der Waals surface area contributed by atoms with E-state index in [-0.39, 0.29) is 10.8 Å². The number of hydrogen-bond donors (Lipinski definition) is 3. The van der Waals surface area contributed by atoms with E-state index in [1.807, 2.05) is 18.2 Å². The molecule has 0 spiro atoms. The SMILES string of the molecule is FC(F)(F)c1ccccc1NC(=S)NNc1ccccc1. The second-order valence-corrected chi connectivity index (χ2v) is 4.52. The summed E-state index contributed by atoms with van der Waals surface area (Å²) in [6, 6.07) is 14.2. The molecule has 0 radical (unpaired) electrons. The molecule has 2 aromatic carbocycles. The third kappa shape index (κ3) is 4.35. The number of nitrogens with one attached hydrogen (secondary N) is 3. The number of anilines is 2. The molecule has 0 aromatic heterocycles. The van der Waals surface area contributed by atoms with Gasteiger partial charge in [0.15, 0.2) is 5.11 Å². The summed E-state index contributed by atoms with van der Waals surface area (Å²) in [7, 11) is 0. The molecule has 0 atom stereocenters. The van der Waals surface area contributed by atoms with E-state index in [9.17, 15) is 13.2 Å². The number of thiocarbonyl (C=S) groups is 1. The van der Waals surface area contributed by atoms with E-state index in [2.05, 4.69) is 16.2 Å². The minimum atomic E-state index is -4.44. The molecule has 0 amide bonds. The highest BCUT2D eigenvalue weighted by atomic mass is 32.1. The van der Waals surface area contributed by atoms with Crippen LogP contribution in [-0.4, -0.2) is 5.11 Å². The Kier molecular flexibility index (Phi) is 4.64. The lowest BCUT2D eigenvalue weighted by atomic mass is 10.2. The summed E-state index contributed by atoms with van der Waals surface area (Å²) in [5.74, 6) is 0. The van der Waals surface area contributed by atoms with Crippen LogP contribution in [0.5, 0.6) is 0 Å². The van der Waals surface area contributed by atoms with Crippen molar-refractivity contribution in [3.8, 4) is 0 Å². The number of rotatable bonds is 3. The van der Waals surface area contributed by atoms with Gasteiger partial charge in [0, 0.05) is 0 Å². The maximum atomic E-state index is 12.8. The number of alkyl halides is 3. The van der Waals surface area contributed by atoms with E-state index in [0.717, 1.165) is 11.8 Å². The van der Waals surface area contributed by atoms with Gasteiger partial charge in [-0.1, -0.05) is 30.3 Å². The average Bonchev–Trinajstić information content (AvgIpc) is 2.46. The molecule has 0 aliphatic carbocycles. The number of hydrogen-bond acceptors (Lipinski definition) is 2. The first-order valence-corrected chi connectivity index (χ1v) is 6.42. The highest BCUT2D eigenvalue weighted by molar-refractivity contribution is 7.80. The van der Waals surface area contributed by atoms with Crippen molar-refractivity contribution < 1.29 is 13.2 Å². The molecule has 0 aliphatic heterocycles. The smallest absolute Gasteiger partial charge is 0.331 e. The molecule has 21 heavy (non-hydrogen) atoms. The predicted molar refractivity (Wildman–Crippen MR) is 80.9 cm³/mol. The molecule has 0 saturated carbocycles. The Bertz CT molecular complexity index is 614. The van der Waals surface area contributed by atoms with Gasteiger partial charge in [0.2, 0.25) is 0 Å². The number of hydrazine groups is 1. The van der Waals surface area contributed by atoms with Crippen LogP contribution in [0.4, 0.5) is 24.5 Å². The van der Waals surface area contributed by atoms with E-state index in [4.69, 9.17) is 12.2 Å². The second kappa shape index (κ2) is 6.45. The van der Waals surface area contributed by atoms with Gasteiger partial charge >= 0.3 is 6.18 Å². The van der Waals surface area contributed by atoms with Gasteiger partial charge in [-0.15, -0.1) is 0 Å². The van der Waals surface area contributed by atoms with Gasteiger partial charge in [-0.2, -0.15) is 13.2 Å². The van der Waals surface area contributed by atoms with Crippen LogP contribution >= 0.6 is 12.2 Å². The quantitative estimate of drug-likeness (QED) is 0.591. The fraction of sp³-hybridized carbons (Fsp3) is 0.0714. The Morgan fingerprint density at radius 1 is 0.905 bits per heavy atom. The lowest BCUT2D eigenvalue weighted by Crippen LogP contribution is -2.33. The van der Waals surface area contributed by atoms with Crippen LogP contribution in [0.2, 0.25) is 0 Å². The second-order valence-electron chi connectivity index (χ2n) is 4.11. The Morgan fingerprint density at radius 2 is 1.52 bits per heavy atom. The van der Waals surface area contributed by atoms with Gasteiger partial charge in [-0.05, 0) is 36.5 Å². The number of benzene rings is 2. The van der Waals surface area contributed by atoms with Crippen LogP contribution in [-0.2, 0) is 6.18 Å². The van der Waals surface area contributed by atoms with Crippen molar-refractivity contribution in [2.24, 2.45) is 0 Å². The van der Waals surface area contributed by atoms with E-state index in [0.29, 0.717) is 0 Å². The van der Waals surface area contributed by atoms with Crippen LogP contribution in [0, 0.1) is 0 Å². The van der Waals surface area contributed by atoms with Crippen molar-refractivity contribution in [2.45, 2.75) is 6.18 Å². The van der Waals surface area contributed by atoms with Crippen molar-refractivity contribution in [3.05, 3.63) is 60.2 Å². The van der Waals surface area contributed by atoms with Crippen LogP contribution in [0.1, 0.15) is 5.56 Å². The standard InChI is InChI=1S/C14H12F3N3S/c15-14(16,17)11-8-4-5-9-12(11)18-13(21)20-19-10-6-2-1-3-7-10/h1-9,19H,(H2,18,20,21). The minimum Gasteiger partial charge on any atom is -0.331 e. The van der Waals surface area contributed by atoms with E-state index in [1.165, 1.54) is 18.2 Å². The van der Waals surface area contributed by atoms with Crippen molar-refractivity contribution >= 4 is 28.7 Å². The summed E-state index contributed by atoms with van der Waals surface area (Å²) < 4.78 is 38.5. The van der Waals surface area contributed by atoms with Gasteiger partial charge in [0.25, 0.3) is 0 Å². The monoisotopic (exact) mass is 311 g/mol. The first-order chi connectivity index (χ1) is 9.97. The molecule has 2 aromatic rings. The molecule has 0 aliphatic rings. The fourth-order valence-electron chi connectivity index (χ4n) is 1.64. The molecular formula is C14H12F3N3S. The normalized spacial score (nSPS) is 10.8. The molecule has 0 fully saturated rings. The van der Waals surface area contributed by atoms with E-state index >= 15 is 0 Å². The third-order valence-electron chi connectivity index (χ3n) is 2.57. The summed E-state index contributed by atoms with van der Waals surface area (Å²) in [6.45, 7) is 0. The van der Waals surface area contributed by atoms with E-state index < -0.39 is 11.7 Å². The highest BCUT2D eigenvalue weighted by Crippen LogP contribution is 2.34. The molecule has 110 valence electrons. The number of para-hydroxylation sites is 2. The molecule has 3 nitrogen and oxygen atoms in total. The molecule has 0 saturated heterocycles. The van der Waals surface area contributed by atoms with Crippen LogP contribution in [0.25, 0.3) is 0 Å². The van der Waals surface area contributed by atoms with Crippen LogP contribution < -0.4 is 16.2 Å². The Balaban J connectivity index is 2.00. The minimum absolute atomic E-state index is 0.0375. The molecule has 0 unspecified atom stereocenters. The molecule has 2 rings (SSSR count). The fourth-order valence-corrected chi connectivity index (χ4v) is 1.80. The van der Waals surface area contributed by atoms with Crippen LogP contribution in [0.3, 0.4) is 0 Å². The summed E-state index contributed by atoms with van der Waals surface area (Å²) in [4.78, 5) is 0.